The van der Waals surface area contributed by atoms with Gasteiger partial charge in [-0.2, -0.15) is 15.0 Å². The summed E-state index contributed by atoms with van der Waals surface area (Å²) in [4.78, 5) is 21.1. The molecule has 2 aliphatic rings. The van der Waals surface area contributed by atoms with Gasteiger partial charge in [0.05, 0.1) is 6.61 Å². The van der Waals surface area contributed by atoms with E-state index in [-0.39, 0.29) is 49.3 Å². The summed E-state index contributed by atoms with van der Waals surface area (Å²) in [6.07, 6.45) is 7.33. The molecule has 4 rings (SSSR count). The fraction of sp³-hybridized carbons (Fsp3) is 0.609. The number of aromatic nitrogens is 3. The quantitative estimate of drug-likeness (QED) is 0.246. The molecule has 0 amide bonds. The summed E-state index contributed by atoms with van der Waals surface area (Å²) in [5, 5.41) is 12.7. The Morgan fingerprint density at radius 3 is 1.69 bits per heavy atom. The number of aliphatic hydroxyl groups is 1. The van der Waals surface area contributed by atoms with Gasteiger partial charge in [0, 0.05) is 56.3 Å². The Morgan fingerprint density at radius 2 is 1.28 bits per heavy atom. The van der Waals surface area contributed by atoms with E-state index in [9.17, 15) is 5.11 Å². The number of anilines is 5. The lowest BCUT2D eigenvalue weighted by Gasteiger charge is -2.30. The van der Waals surface area contributed by atoms with E-state index >= 15 is 0 Å². The highest BCUT2D eigenvalue weighted by molar-refractivity contribution is 5.85. The Bertz CT molecular complexity index is 814. The van der Waals surface area contributed by atoms with Crippen molar-refractivity contribution in [3.8, 4) is 0 Å². The molecule has 12 nitrogen and oxygen atoms in total. The number of halogens is 1. The Morgan fingerprint density at radius 1 is 0.806 bits per heavy atom. The second-order valence-electron chi connectivity index (χ2n) is 8.33. The van der Waals surface area contributed by atoms with E-state index in [1.807, 2.05) is 12.1 Å². The molecule has 1 aromatic heterocycles. The largest absolute Gasteiger partial charge is 0.395 e. The zero-order valence-electron chi connectivity index (χ0n) is 21.9. The van der Waals surface area contributed by atoms with E-state index in [4.69, 9.17) is 15.0 Å². The second-order valence-corrected chi connectivity index (χ2v) is 8.33. The number of nitrogens with zero attached hydrogens (tertiary/aromatic N) is 6. The van der Waals surface area contributed by atoms with Crippen LogP contribution in [0.15, 0.2) is 24.3 Å². The minimum absolute atomic E-state index is 0. The molecule has 2 saturated heterocycles. The smallest absolute Gasteiger partial charge is 0.233 e. The molecule has 13 heteroatoms. The monoisotopic (exact) mass is 537 g/mol. The summed E-state index contributed by atoms with van der Waals surface area (Å²) in [5.41, 5.74) is 2.05. The Hall–Kier alpha value is -2.48. The highest BCUT2D eigenvalue weighted by atomic mass is 35.5. The van der Waals surface area contributed by atoms with E-state index in [1.54, 1.807) is 0 Å². The average molecular weight is 538 g/mol. The summed E-state index contributed by atoms with van der Waals surface area (Å²) in [6.45, 7) is 7.78. The third kappa shape index (κ3) is 9.19. The Kier molecular flexibility index (Phi) is 17.7. The predicted octanol–water partition coefficient (Wildman–Crippen LogP) is 5.47. The number of hydrogen-bond donors (Lipinski definition) is 6. The molecule has 0 atom stereocenters. The highest BCUT2D eigenvalue weighted by Gasteiger charge is 2.20. The van der Waals surface area contributed by atoms with Crippen molar-refractivity contribution in [2.75, 3.05) is 65.9 Å². The zero-order chi connectivity index (χ0) is 21.5. The van der Waals surface area contributed by atoms with E-state index in [0.29, 0.717) is 12.5 Å². The molecular formula is C23H56ClN11O. The number of nitrogens with one attached hydrogen (secondary N) is 1. The third-order valence-electron chi connectivity index (χ3n) is 6.13. The van der Waals surface area contributed by atoms with E-state index < -0.39 is 0 Å². The molecular weight excluding hydrogens is 482 g/mol. The molecule has 14 N–H and O–H groups in total. The van der Waals surface area contributed by atoms with Crippen molar-refractivity contribution < 1.29 is 10.8 Å². The van der Waals surface area contributed by atoms with Gasteiger partial charge in [0.1, 0.15) is 0 Å². The first-order valence-electron chi connectivity index (χ1n) is 11.8. The van der Waals surface area contributed by atoms with Crippen LogP contribution in [0.5, 0.6) is 0 Å². The van der Waals surface area contributed by atoms with Gasteiger partial charge in [-0.05, 0) is 69.7 Å². The summed E-state index contributed by atoms with van der Waals surface area (Å²) >= 11 is 0. The summed E-state index contributed by atoms with van der Waals surface area (Å²) in [6, 6.07) is 8.22. The van der Waals surface area contributed by atoms with Crippen molar-refractivity contribution in [2.45, 2.75) is 45.4 Å². The van der Waals surface area contributed by atoms with Crippen LogP contribution in [0.25, 0.3) is 0 Å². The summed E-state index contributed by atoms with van der Waals surface area (Å²) in [5.74, 6) is 2.18. The standard InChI is InChI=1S/C23H35N7O.ClH.4H3N.4H2/c1-2-28(17-18-31)20-11-9-19(10-12-20)24-21-25-22(29-13-5-3-6-14-29)27-23(26-21)30-15-7-4-8-16-30;;;;;;;;;/h9-12,31H,2-8,13-18H2,1H3,(H,24,25,26,27);1H;4*1H3;4*1H. The second kappa shape index (κ2) is 17.9. The molecule has 2 fully saturated rings. The van der Waals surface area contributed by atoms with E-state index in [0.717, 1.165) is 56.0 Å². The lowest BCUT2D eigenvalue weighted by molar-refractivity contribution is 0.302. The molecule has 0 saturated carbocycles. The molecule has 0 unspecified atom stereocenters. The molecule has 0 spiro atoms. The topological polar surface area (TPSA) is 221 Å². The molecule has 3 heterocycles. The van der Waals surface area contributed by atoms with Crippen molar-refractivity contribution in [3.05, 3.63) is 24.3 Å². The zero-order valence-corrected chi connectivity index (χ0v) is 22.7. The molecule has 0 radical (unpaired) electrons. The van der Waals surface area contributed by atoms with Crippen LogP contribution in [-0.2, 0) is 0 Å². The van der Waals surface area contributed by atoms with E-state index in [2.05, 4.69) is 39.1 Å². The lowest BCUT2D eigenvalue weighted by atomic mass is 10.1. The molecule has 0 aliphatic carbocycles. The minimum Gasteiger partial charge on any atom is -0.395 e. The van der Waals surface area contributed by atoms with Gasteiger partial charge >= 0.3 is 0 Å². The first-order valence-corrected chi connectivity index (χ1v) is 11.8. The highest BCUT2D eigenvalue weighted by Crippen LogP contribution is 2.25. The van der Waals surface area contributed by atoms with Crippen molar-refractivity contribution in [1.29, 1.82) is 0 Å². The maximum absolute atomic E-state index is 9.26. The summed E-state index contributed by atoms with van der Waals surface area (Å²) in [7, 11) is 0. The van der Waals surface area contributed by atoms with Crippen LogP contribution >= 0.6 is 12.4 Å². The fourth-order valence-corrected chi connectivity index (χ4v) is 4.36. The SMILES string of the molecule is CCN(CCO)c1ccc(Nc2nc(N3CCCCC3)nc(N3CCCCC3)n2)cc1.Cl.N.N.N.N.[HH].[HH].[HH].[HH]. The van der Waals surface area contributed by atoms with Gasteiger partial charge in [-0.3, -0.25) is 0 Å². The number of benzene rings is 1. The van der Waals surface area contributed by atoms with Crippen molar-refractivity contribution in [3.63, 3.8) is 0 Å². The Labute approximate surface area is 228 Å². The molecule has 1 aromatic carbocycles. The van der Waals surface area contributed by atoms with Crippen molar-refractivity contribution in [1.82, 2.24) is 39.6 Å². The first kappa shape index (κ1) is 35.7. The number of aliphatic hydroxyl groups excluding tert-OH is 1. The van der Waals surface area contributed by atoms with Gasteiger partial charge < -0.3 is 49.7 Å². The van der Waals surface area contributed by atoms with Gasteiger partial charge in [-0.25, -0.2) is 0 Å². The fourth-order valence-electron chi connectivity index (χ4n) is 4.36. The van der Waals surface area contributed by atoms with Crippen LogP contribution < -0.4 is 44.6 Å². The van der Waals surface area contributed by atoms with Crippen LogP contribution in [0.4, 0.5) is 29.2 Å². The maximum atomic E-state index is 9.26. The predicted molar refractivity (Wildman–Crippen MR) is 162 cm³/mol. The van der Waals surface area contributed by atoms with Gasteiger partial charge in [0.25, 0.3) is 0 Å². The number of piperidine rings is 2. The van der Waals surface area contributed by atoms with Crippen LogP contribution in [-0.4, -0.2) is 65.9 Å². The molecule has 216 valence electrons. The molecule has 2 aliphatic heterocycles. The number of likely N-dealkylation sites (N-methyl/N-ethyl adjacent to an activating group) is 1. The van der Waals surface area contributed by atoms with Gasteiger partial charge in [-0.1, -0.05) is 0 Å². The number of hydrogen-bond acceptors (Lipinski definition) is 12. The maximum Gasteiger partial charge on any atom is 0.233 e. The first-order chi connectivity index (χ1) is 15.3. The summed E-state index contributed by atoms with van der Waals surface area (Å²) < 4.78 is 0. The van der Waals surface area contributed by atoms with Crippen LogP contribution in [0.3, 0.4) is 0 Å². The van der Waals surface area contributed by atoms with Crippen LogP contribution in [0.2, 0.25) is 0 Å². The Balaban J connectivity index is -0.000000321. The molecule has 2 aromatic rings. The minimum atomic E-state index is 0. The van der Waals surface area contributed by atoms with Crippen molar-refractivity contribution in [2.24, 2.45) is 0 Å². The third-order valence-corrected chi connectivity index (χ3v) is 6.13. The van der Waals surface area contributed by atoms with Crippen LogP contribution in [0.1, 0.15) is 51.2 Å². The molecule has 36 heavy (non-hydrogen) atoms. The average Bonchev–Trinajstić information content (AvgIpc) is 2.84. The molecule has 0 bridgehead atoms. The van der Waals surface area contributed by atoms with Gasteiger partial charge in [0.15, 0.2) is 0 Å². The number of rotatable bonds is 8. The van der Waals surface area contributed by atoms with Gasteiger partial charge in [0.2, 0.25) is 17.8 Å². The van der Waals surface area contributed by atoms with E-state index in [1.165, 1.54) is 38.5 Å². The van der Waals surface area contributed by atoms with Gasteiger partial charge in [-0.15, -0.1) is 12.4 Å². The normalized spacial score (nSPS) is 14.6. The van der Waals surface area contributed by atoms with Crippen molar-refractivity contribution >= 4 is 41.6 Å². The van der Waals surface area contributed by atoms with Crippen LogP contribution in [0, 0.1) is 0 Å². The lowest BCUT2D eigenvalue weighted by Crippen LogP contribution is -2.34.